The number of aryl methyl sites for hydroxylation is 1. The average molecular weight is 408 g/mol. The fourth-order valence-electron chi connectivity index (χ4n) is 2.77. The Labute approximate surface area is 170 Å². The van der Waals surface area contributed by atoms with Crippen LogP contribution in [-0.4, -0.2) is 16.8 Å². The first-order valence-corrected chi connectivity index (χ1v) is 10.3. The van der Waals surface area contributed by atoms with E-state index in [0.717, 1.165) is 25.7 Å². The van der Waals surface area contributed by atoms with Crippen LogP contribution in [0.5, 0.6) is 0 Å². The number of benzene rings is 2. The molecular formula is C21H17N3O2S2. The minimum absolute atomic E-state index is 0.153. The first-order chi connectivity index (χ1) is 13.5. The van der Waals surface area contributed by atoms with Gasteiger partial charge in [-0.15, -0.1) is 22.7 Å². The van der Waals surface area contributed by atoms with Crippen molar-refractivity contribution in [2.24, 2.45) is 0 Å². The van der Waals surface area contributed by atoms with Gasteiger partial charge in [0, 0.05) is 18.3 Å². The van der Waals surface area contributed by atoms with Crippen LogP contribution in [0.1, 0.15) is 22.2 Å². The third-order valence-corrected chi connectivity index (χ3v) is 6.43. The van der Waals surface area contributed by atoms with Crippen molar-refractivity contribution in [3.05, 3.63) is 65.0 Å². The monoisotopic (exact) mass is 407 g/mol. The number of para-hydroxylation sites is 1. The van der Waals surface area contributed by atoms with Crippen LogP contribution in [0.25, 0.3) is 20.1 Å². The highest BCUT2D eigenvalue weighted by Gasteiger charge is 2.14. The topological polar surface area (TPSA) is 71.1 Å². The number of rotatable bonds is 4. The number of thiophene rings is 1. The van der Waals surface area contributed by atoms with Crippen molar-refractivity contribution in [1.82, 2.24) is 4.98 Å². The number of carbonyl (C=O) groups excluding carboxylic acids is 2. The lowest BCUT2D eigenvalue weighted by molar-refractivity contribution is -0.114. The van der Waals surface area contributed by atoms with Gasteiger partial charge in [-0.05, 0) is 48.9 Å². The van der Waals surface area contributed by atoms with Crippen molar-refractivity contribution in [3.8, 4) is 9.88 Å². The molecule has 4 aromatic rings. The standard InChI is InChI=1S/C21H17N3O2S2/c1-12-7-8-14(22-13(2)25)11-16(12)23-20(26)18-9-10-19(27-18)21-24-15-5-3-4-6-17(15)28-21/h3-11H,1-2H3,(H,22,25)(H,23,26). The predicted octanol–water partition coefficient (Wildman–Crippen LogP) is 5.54. The van der Waals surface area contributed by atoms with E-state index >= 15 is 0 Å². The van der Waals surface area contributed by atoms with E-state index in [-0.39, 0.29) is 11.8 Å². The molecule has 0 aliphatic rings. The fraction of sp³-hybridized carbons (Fsp3) is 0.0952. The fourth-order valence-corrected chi connectivity index (χ4v) is 4.70. The second-order valence-electron chi connectivity index (χ2n) is 6.32. The van der Waals surface area contributed by atoms with Crippen LogP contribution >= 0.6 is 22.7 Å². The maximum Gasteiger partial charge on any atom is 0.265 e. The third-order valence-electron chi connectivity index (χ3n) is 4.14. The highest BCUT2D eigenvalue weighted by Crippen LogP contribution is 2.34. The van der Waals surface area contributed by atoms with Gasteiger partial charge in [0.25, 0.3) is 5.91 Å². The van der Waals surface area contributed by atoms with E-state index in [1.165, 1.54) is 18.3 Å². The Kier molecular flexibility index (Phi) is 4.93. The summed E-state index contributed by atoms with van der Waals surface area (Å²) in [6.45, 7) is 3.36. The number of fused-ring (bicyclic) bond motifs is 1. The lowest BCUT2D eigenvalue weighted by atomic mass is 10.1. The minimum Gasteiger partial charge on any atom is -0.326 e. The normalized spacial score (nSPS) is 10.8. The molecule has 2 aromatic heterocycles. The molecule has 2 heterocycles. The zero-order valence-corrected chi connectivity index (χ0v) is 16.9. The summed E-state index contributed by atoms with van der Waals surface area (Å²) in [6, 6.07) is 17.2. The molecule has 2 aromatic carbocycles. The third kappa shape index (κ3) is 3.81. The van der Waals surface area contributed by atoms with E-state index in [4.69, 9.17) is 0 Å². The Morgan fingerprint density at radius 1 is 0.964 bits per heavy atom. The van der Waals surface area contributed by atoms with E-state index < -0.39 is 0 Å². The number of anilines is 2. The predicted molar refractivity (Wildman–Crippen MR) is 116 cm³/mol. The van der Waals surface area contributed by atoms with Crippen LogP contribution in [0.15, 0.2) is 54.6 Å². The molecule has 0 unspecified atom stereocenters. The summed E-state index contributed by atoms with van der Waals surface area (Å²) in [5.41, 5.74) is 3.21. The maximum absolute atomic E-state index is 12.7. The molecule has 0 spiro atoms. The zero-order chi connectivity index (χ0) is 19.7. The van der Waals surface area contributed by atoms with Crippen molar-refractivity contribution in [1.29, 1.82) is 0 Å². The Bertz CT molecular complexity index is 1160. The van der Waals surface area contributed by atoms with Crippen LogP contribution in [0.4, 0.5) is 11.4 Å². The minimum atomic E-state index is -0.180. The molecule has 140 valence electrons. The van der Waals surface area contributed by atoms with Crippen molar-refractivity contribution in [2.45, 2.75) is 13.8 Å². The lowest BCUT2D eigenvalue weighted by Gasteiger charge is -2.10. The lowest BCUT2D eigenvalue weighted by Crippen LogP contribution is -2.12. The Balaban J connectivity index is 1.56. The summed E-state index contributed by atoms with van der Waals surface area (Å²) >= 11 is 3.03. The highest BCUT2D eigenvalue weighted by molar-refractivity contribution is 7.26. The number of hydrogen-bond acceptors (Lipinski definition) is 5. The molecule has 0 fully saturated rings. The first-order valence-electron chi connectivity index (χ1n) is 8.65. The molecule has 0 radical (unpaired) electrons. The number of amides is 2. The van der Waals surface area contributed by atoms with Crippen LogP contribution in [0.2, 0.25) is 0 Å². The second-order valence-corrected chi connectivity index (χ2v) is 8.43. The van der Waals surface area contributed by atoms with Gasteiger partial charge in [0.1, 0.15) is 5.01 Å². The van der Waals surface area contributed by atoms with Gasteiger partial charge >= 0.3 is 0 Å². The largest absolute Gasteiger partial charge is 0.326 e. The second kappa shape index (κ2) is 7.53. The summed E-state index contributed by atoms with van der Waals surface area (Å²) in [4.78, 5) is 30.2. The maximum atomic E-state index is 12.7. The van der Waals surface area contributed by atoms with E-state index in [1.54, 1.807) is 17.4 Å². The molecule has 7 heteroatoms. The van der Waals surface area contributed by atoms with Gasteiger partial charge in [-0.2, -0.15) is 0 Å². The number of nitrogens with zero attached hydrogens (tertiary/aromatic N) is 1. The van der Waals surface area contributed by atoms with Crippen molar-refractivity contribution in [2.75, 3.05) is 10.6 Å². The highest BCUT2D eigenvalue weighted by atomic mass is 32.1. The number of nitrogens with one attached hydrogen (secondary N) is 2. The number of carbonyl (C=O) groups is 2. The average Bonchev–Trinajstić information content (AvgIpc) is 3.30. The van der Waals surface area contributed by atoms with E-state index in [1.807, 2.05) is 55.5 Å². The molecule has 0 saturated carbocycles. The van der Waals surface area contributed by atoms with Gasteiger partial charge < -0.3 is 10.6 Å². The van der Waals surface area contributed by atoms with Crippen molar-refractivity contribution in [3.63, 3.8) is 0 Å². The first kappa shape index (κ1) is 18.3. The summed E-state index contributed by atoms with van der Waals surface area (Å²) in [5, 5.41) is 6.58. The summed E-state index contributed by atoms with van der Waals surface area (Å²) in [7, 11) is 0. The molecule has 0 bridgehead atoms. The Morgan fingerprint density at radius 2 is 1.79 bits per heavy atom. The molecule has 5 nitrogen and oxygen atoms in total. The quantitative estimate of drug-likeness (QED) is 0.466. The van der Waals surface area contributed by atoms with Crippen molar-refractivity contribution < 1.29 is 9.59 Å². The van der Waals surface area contributed by atoms with Crippen LogP contribution in [0.3, 0.4) is 0 Å². The van der Waals surface area contributed by atoms with E-state index in [9.17, 15) is 9.59 Å². The molecule has 0 aliphatic carbocycles. The molecule has 0 saturated heterocycles. The summed E-state index contributed by atoms with van der Waals surface area (Å²) in [6.07, 6.45) is 0. The molecule has 2 amide bonds. The molecule has 2 N–H and O–H groups in total. The van der Waals surface area contributed by atoms with Gasteiger partial charge in [0.05, 0.1) is 20.0 Å². The molecule has 4 rings (SSSR count). The van der Waals surface area contributed by atoms with E-state index in [0.29, 0.717) is 16.3 Å². The molecule has 0 atom stereocenters. The van der Waals surface area contributed by atoms with E-state index in [2.05, 4.69) is 15.6 Å². The molecular weight excluding hydrogens is 390 g/mol. The van der Waals surface area contributed by atoms with Crippen LogP contribution in [0, 0.1) is 6.92 Å². The Hall–Kier alpha value is -3.03. The molecule has 0 aliphatic heterocycles. The summed E-state index contributed by atoms with van der Waals surface area (Å²) < 4.78 is 1.13. The van der Waals surface area contributed by atoms with Crippen LogP contribution < -0.4 is 10.6 Å². The number of hydrogen-bond donors (Lipinski definition) is 2. The number of aromatic nitrogens is 1. The SMILES string of the molecule is CC(=O)Nc1ccc(C)c(NC(=O)c2ccc(-c3nc4ccccc4s3)s2)c1. The van der Waals surface area contributed by atoms with Gasteiger partial charge in [0.2, 0.25) is 5.91 Å². The molecule has 28 heavy (non-hydrogen) atoms. The van der Waals surface area contributed by atoms with Gasteiger partial charge in [0.15, 0.2) is 0 Å². The van der Waals surface area contributed by atoms with Gasteiger partial charge in [-0.25, -0.2) is 4.98 Å². The zero-order valence-electron chi connectivity index (χ0n) is 15.3. The summed E-state index contributed by atoms with van der Waals surface area (Å²) in [5.74, 6) is -0.333. The van der Waals surface area contributed by atoms with Crippen LogP contribution in [-0.2, 0) is 4.79 Å². The van der Waals surface area contributed by atoms with Gasteiger partial charge in [-0.3, -0.25) is 9.59 Å². The number of thiazole rings is 1. The smallest absolute Gasteiger partial charge is 0.265 e. The van der Waals surface area contributed by atoms with Crippen molar-refractivity contribution >= 4 is 56.1 Å². The van der Waals surface area contributed by atoms with Gasteiger partial charge in [-0.1, -0.05) is 18.2 Å². The Morgan fingerprint density at radius 3 is 2.57 bits per heavy atom.